The molecule has 1 amide bonds. The Labute approximate surface area is 317 Å². The maximum absolute atomic E-state index is 13.6. The molecular formula is C43H59ClN2O5S. The predicted molar refractivity (Wildman–Crippen MR) is 210 cm³/mol. The highest BCUT2D eigenvalue weighted by Gasteiger charge is 2.50. The van der Waals surface area contributed by atoms with E-state index in [9.17, 15) is 13.2 Å². The van der Waals surface area contributed by atoms with E-state index >= 15 is 0 Å². The molecule has 2 aliphatic heterocycles. The maximum atomic E-state index is 13.6. The molecule has 9 heteroatoms. The first-order chi connectivity index (χ1) is 25.0. The van der Waals surface area contributed by atoms with E-state index in [1.165, 1.54) is 49.7 Å². The van der Waals surface area contributed by atoms with Gasteiger partial charge in [0.25, 0.3) is 5.91 Å². The smallest absolute Gasteiger partial charge is 0.264 e. The van der Waals surface area contributed by atoms with Gasteiger partial charge in [-0.2, -0.15) is 0 Å². The molecule has 7 nitrogen and oxygen atoms in total. The third-order valence-electron chi connectivity index (χ3n) is 13.9. The number of rotatable bonds is 5. The molecule has 3 aliphatic carbocycles. The number of ether oxygens (including phenoxy) is 2. The fraction of sp³-hybridized carbons (Fsp3) is 0.651. The van der Waals surface area contributed by atoms with Crippen LogP contribution >= 0.6 is 11.6 Å². The lowest BCUT2D eigenvalue weighted by molar-refractivity contribution is -0.0913. The van der Waals surface area contributed by atoms with Crippen molar-refractivity contribution in [3.05, 3.63) is 70.3 Å². The van der Waals surface area contributed by atoms with Crippen LogP contribution in [0, 0.1) is 29.6 Å². The summed E-state index contributed by atoms with van der Waals surface area (Å²) in [6.45, 7) is 8.05. The summed E-state index contributed by atoms with van der Waals surface area (Å²) >= 11 is 6.51. The normalized spacial score (nSPS) is 35.2. The van der Waals surface area contributed by atoms with Gasteiger partial charge in [-0.25, -0.2) is 13.1 Å². The zero-order valence-corrected chi connectivity index (χ0v) is 33.2. The second-order valence-corrected chi connectivity index (χ2v) is 19.5. The standard InChI is InChI=1S/C43H59ClN2O5S/c1-5-8-31-11-13-32(14-12-31)25-43(50-4)22-6-9-29(2)30(3)52(48,49)45-41(47)34-16-20-40-39(24-34)46(26-35-15-18-38(35)43)27-42(28-51-40)21-7-10-33-23-36(44)17-19-37(33)42/h6,16-17,19-20,22-24,29-32,35,38H,5,7-15,18,21,25-28H2,1-4H3,(H,45,47)/b22-6+/t29-,30+,31?,32?,35-,38+,42-,43+/m0/s1. The molecule has 7 rings (SSSR count). The molecule has 0 aromatic heterocycles. The van der Waals surface area contributed by atoms with Gasteiger partial charge >= 0.3 is 0 Å². The van der Waals surface area contributed by atoms with Gasteiger partial charge in [-0.1, -0.05) is 82.2 Å². The van der Waals surface area contributed by atoms with E-state index in [4.69, 9.17) is 21.1 Å². The van der Waals surface area contributed by atoms with Crippen molar-refractivity contribution in [3.63, 3.8) is 0 Å². The maximum Gasteiger partial charge on any atom is 0.264 e. The van der Waals surface area contributed by atoms with Crippen molar-refractivity contribution in [2.75, 3.05) is 31.7 Å². The molecule has 0 radical (unpaired) electrons. The molecular weight excluding hydrogens is 692 g/mol. The van der Waals surface area contributed by atoms with E-state index in [0.29, 0.717) is 36.3 Å². The number of allylic oxidation sites excluding steroid dienone is 1. The van der Waals surface area contributed by atoms with Crippen LogP contribution in [0.2, 0.25) is 5.02 Å². The summed E-state index contributed by atoms with van der Waals surface area (Å²) in [5.41, 5.74) is 3.10. The number of nitrogens with one attached hydrogen (secondary N) is 1. The molecule has 52 heavy (non-hydrogen) atoms. The predicted octanol–water partition coefficient (Wildman–Crippen LogP) is 9.27. The van der Waals surface area contributed by atoms with E-state index in [0.717, 1.165) is 74.0 Å². The van der Waals surface area contributed by atoms with E-state index in [1.807, 2.05) is 32.2 Å². The van der Waals surface area contributed by atoms with Crippen molar-refractivity contribution in [3.8, 4) is 5.75 Å². The molecule has 2 saturated carbocycles. The first kappa shape index (κ1) is 37.8. The van der Waals surface area contributed by atoms with Gasteiger partial charge in [-0.3, -0.25) is 4.79 Å². The van der Waals surface area contributed by atoms with Crippen molar-refractivity contribution in [2.45, 2.75) is 121 Å². The molecule has 6 atom stereocenters. The number of carbonyl (C=O) groups is 1. The highest BCUT2D eigenvalue weighted by Crippen LogP contribution is 2.51. The summed E-state index contributed by atoms with van der Waals surface area (Å²) in [6.07, 6.45) is 19.0. The number of hydrogen-bond acceptors (Lipinski definition) is 6. The summed E-state index contributed by atoms with van der Waals surface area (Å²) in [5, 5.41) is 0.00437. The van der Waals surface area contributed by atoms with Gasteiger partial charge in [0.15, 0.2) is 0 Å². The summed E-state index contributed by atoms with van der Waals surface area (Å²) in [6, 6.07) is 11.7. The van der Waals surface area contributed by atoms with Crippen molar-refractivity contribution < 1.29 is 22.7 Å². The van der Waals surface area contributed by atoms with Crippen LogP contribution in [-0.2, 0) is 26.6 Å². The Kier molecular flexibility index (Phi) is 11.1. The molecule has 284 valence electrons. The molecule has 2 aromatic rings. The van der Waals surface area contributed by atoms with Crippen LogP contribution in [0.1, 0.15) is 119 Å². The highest BCUT2D eigenvalue weighted by molar-refractivity contribution is 7.90. The van der Waals surface area contributed by atoms with Crippen LogP contribution in [0.25, 0.3) is 0 Å². The minimum atomic E-state index is -3.93. The van der Waals surface area contributed by atoms with Gasteiger partial charge in [0.05, 0.1) is 23.1 Å². The van der Waals surface area contributed by atoms with Crippen LogP contribution in [0.5, 0.6) is 5.75 Å². The van der Waals surface area contributed by atoms with Gasteiger partial charge in [0.2, 0.25) is 10.0 Å². The monoisotopic (exact) mass is 750 g/mol. The van der Waals surface area contributed by atoms with Crippen LogP contribution in [0.15, 0.2) is 48.6 Å². The third-order valence-corrected chi connectivity index (χ3v) is 16.0. The second kappa shape index (κ2) is 15.3. The molecule has 1 N–H and O–H groups in total. The number of benzene rings is 2. The van der Waals surface area contributed by atoms with Crippen LogP contribution in [0.3, 0.4) is 0 Å². The summed E-state index contributed by atoms with van der Waals surface area (Å²) in [7, 11) is -2.04. The number of amides is 1. The summed E-state index contributed by atoms with van der Waals surface area (Å²) in [5.74, 6) is 2.12. The Morgan fingerprint density at radius 3 is 2.56 bits per heavy atom. The number of sulfonamides is 1. The quantitative estimate of drug-likeness (QED) is 0.307. The molecule has 2 fully saturated rings. The largest absolute Gasteiger partial charge is 0.490 e. The number of anilines is 1. The topological polar surface area (TPSA) is 84.9 Å². The van der Waals surface area contributed by atoms with E-state index < -0.39 is 26.8 Å². The van der Waals surface area contributed by atoms with Crippen molar-refractivity contribution in [1.82, 2.24) is 4.72 Å². The number of fused-ring (bicyclic) bond motifs is 4. The SMILES string of the molecule is CCCC1CCC(C[C@]2(OC)/C=C/C[C@H](C)[C@@H](C)S(=O)(=O)NC(=O)c3ccc4c(c3)N(C[C@@H]3CC[C@H]32)C[C@@]2(CCCc3cc(Cl)ccc32)CO4)CC1. The zero-order valence-electron chi connectivity index (χ0n) is 31.7. The van der Waals surface area contributed by atoms with E-state index in [1.54, 1.807) is 13.0 Å². The van der Waals surface area contributed by atoms with Crippen molar-refractivity contribution in [1.29, 1.82) is 0 Å². The van der Waals surface area contributed by atoms with Gasteiger partial charge in [-0.15, -0.1) is 0 Å². The lowest BCUT2D eigenvalue weighted by atomic mass is 9.60. The van der Waals surface area contributed by atoms with Gasteiger partial charge in [-0.05, 0) is 123 Å². The lowest BCUT2D eigenvalue weighted by Gasteiger charge is -2.52. The Morgan fingerprint density at radius 2 is 1.83 bits per heavy atom. The molecule has 5 aliphatic rings. The van der Waals surface area contributed by atoms with Gasteiger partial charge < -0.3 is 14.4 Å². The fourth-order valence-electron chi connectivity index (χ4n) is 10.5. The zero-order chi connectivity index (χ0) is 36.7. The Hall–Kier alpha value is -2.55. The minimum Gasteiger partial charge on any atom is -0.490 e. The van der Waals surface area contributed by atoms with Crippen molar-refractivity contribution >= 4 is 33.2 Å². The van der Waals surface area contributed by atoms with Crippen LogP contribution in [0.4, 0.5) is 5.69 Å². The van der Waals surface area contributed by atoms with Gasteiger partial charge in [0, 0.05) is 36.2 Å². The number of hydrogen-bond donors (Lipinski definition) is 1. The lowest BCUT2D eigenvalue weighted by Crippen LogP contribution is -2.53. The minimum absolute atomic E-state index is 0.189. The molecule has 2 aromatic carbocycles. The Balaban J connectivity index is 1.28. The van der Waals surface area contributed by atoms with Crippen LogP contribution in [-0.4, -0.2) is 52.0 Å². The van der Waals surface area contributed by atoms with Crippen molar-refractivity contribution in [2.24, 2.45) is 29.6 Å². The number of halogens is 1. The molecule has 2 bridgehead atoms. The summed E-state index contributed by atoms with van der Waals surface area (Å²) < 4.78 is 43.1. The summed E-state index contributed by atoms with van der Waals surface area (Å²) in [4.78, 5) is 16.1. The molecule has 0 unspecified atom stereocenters. The average molecular weight is 751 g/mol. The third kappa shape index (κ3) is 7.42. The average Bonchev–Trinajstić information content (AvgIpc) is 3.26. The van der Waals surface area contributed by atoms with E-state index in [2.05, 4.69) is 40.8 Å². The molecule has 2 heterocycles. The number of methoxy groups -OCH3 is 1. The Bertz CT molecular complexity index is 1760. The second-order valence-electron chi connectivity index (χ2n) is 17.1. The fourth-order valence-corrected chi connectivity index (χ4v) is 11.9. The number of carbonyl (C=O) groups excluding carboxylic acids is 1. The Morgan fingerprint density at radius 1 is 1.04 bits per heavy atom. The van der Waals surface area contributed by atoms with Crippen LogP contribution < -0.4 is 14.4 Å². The molecule has 0 saturated heterocycles. The van der Waals surface area contributed by atoms with E-state index in [-0.39, 0.29) is 11.3 Å². The number of nitrogens with zero attached hydrogens (tertiary/aromatic N) is 1. The van der Waals surface area contributed by atoms with Gasteiger partial charge in [0.1, 0.15) is 5.75 Å². The number of aryl methyl sites for hydroxylation is 1. The highest BCUT2D eigenvalue weighted by atomic mass is 35.5. The first-order valence-electron chi connectivity index (χ1n) is 20.1. The first-order valence-corrected chi connectivity index (χ1v) is 22.0. The molecule has 1 spiro atoms.